The monoisotopic (exact) mass is 365 g/mol. The molecule has 0 saturated heterocycles. The van der Waals surface area contributed by atoms with E-state index in [2.05, 4.69) is 47.3 Å². The van der Waals surface area contributed by atoms with Crippen LogP contribution in [0.15, 0.2) is 53.7 Å². The molecule has 0 radical (unpaired) electrons. The van der Waals surface area contributed by atoms with E-state index in [4.69, 9.17) is 21.4 Å². The van der Waals surface area contributed by atoms with Gasteiger partial charge in [-0.05, 0) is 30.7 Å². The third kappa shape index (κ3) is 3.13. The summed E-state index contributed by atoms with van der Waals surface area (Å²) in [6, 6.07) is 16.5. The topological polar surface area (TPSA) is 37.7 Å². The number of hydrogen-bond donors (Lipinski definition) is 0. The van der Waals surface area contributed by atoms with Crippen LogP contribution in [0, 0.1) is 6.92 Å². The van der Waals surface area contributed by atoms with E-state index >= 15 is 0 Å². The van der Waals surface area contributed by atoms with Gasteiger partial charge in [0.15, 0.2) is 0 Å². The smallest absolute Gasteiger partial charge is 0.131 e. The summed E-state index contributed by atoms with van der Waals surface area (Å²) in [4.78, 5) is 12.2. The van der Waals surface area contributed by atoms with E-state index in [-0.39, 0.29) is 0 Å². The number of aromatic nitrogens is 1. The van der Waals surface area contributed by atoms with Crippen LogP contribution in [-0.2, 0) is 11.4 Å². The van der Waals surface area contributed by atoms with Gasteiger partial charge in [-0.1, -0.05) is 52.7 Å². The van der Waals surface area contributed by atoms with Gasteiger partial charge in [0.2, 0.25) is 0 Å². The van der Waals surface area contributed by atoms with Gasteiger partial charge >= 0.3 is 0 Å². The highest BCUT2D eigenvalue weighted by atomic mass is 35.5. The van der Waals surface area contributed by atoms with Gasteiger partial charge in [0.05, 0.1) is 16.3 Å². The van der Waals surface area contributed by atoms with Gasteiger partial charge in [-0.25, -0.2) is 4.98 Å². The number of hydrogen-bond acceptors (Lipinski definition) is 4. The van der Waals surface area contributed by atoms with E-state index in [1.54, 1.807) is 7.11 Å². The van der Waals surface area contributed by atoms with Crippen LogP contribution in [0.1, 0.15) is 23.1 Å². The molecule has 0 N–H and O–H groups in total. The molecule has 3 aromatic rings. The Kier molecular flexibility index (Phi) is 4.51. The van der Waals surface area contributed by atoms with Crippen molar-refractivity contribution in [2.75, 3.05) is 18.6 Å². The number of rotatable bonds is 2. The van der Waals surface area contributed by atoms with Gasteiger partial charge in [-0.2, -0.15) is 0 Å². The van der Waals surface area contributed by atoms with Crippen LogP contribution < -0.4 is 4.90 Å². The van der Waals surface area contributed by atoms with E-state index < -0.39 is 0 Å². The van der Waals surface area contributed by atoms with Crippen molar-refractivity contribution < 1.29 is 4.84 Å². The Hall–Kier alpha value is -2.59. The highest BCUT2D eigenvalue weighted by Crippen LogP contribution is 2.30. The maximum atomic E-state index is 6.56. The Morgan fingerprint density at radius 1 is 1.15 bits per heavy atom. The standard InChI is InChI=1S/C21H20ClN3O/c1-14-7-8-19-17(11-14)18(22)12-21(23-19)25-10-9-20(24-26-2)16-6-4-3-5-15(16)13-25/h3-8,11-12H,9-10,13H2,1-2H3. The van der Waals surface area contributed by atoms with Crippen molar-refractivity contribution in [2.45, 2.75) is 19.9 Å². The van der Waals surface area contributed by atoms with Crippen molar-refractivity contribution in [1.82, 2.24) is 4.98 Å². The maximum absolute atomic E-state index is 6.56. The molecule has 4 rings (SSSR count). The number of halogens is 1. The first-order valence-electron chi connectivity index (χ1n) is 8.66. The SMILES string of the molecule is CON=C1CCN(c2cc(Cl)c3cc(C)ccc3n2)Cc2ccccc21. The predicted molar refractivity (Wildman–Crippen MR) is 107 cm³/mol. The van der Waals surface area contributed by atoms with Crippen LogP contribution in [0.2, 0.25) is 5.02 Å². The molecule has 26 heavy (non-hydrogen) atoms. The first-order valence-corrected chi connectivity index (χ1v) is 9.03. The normalized spacial score (nSPS) is 15.8. The third-order valence-electron chi connectivity index (χ3n) is 4.73. The van der Waals surface area contributed by atoms with Gasteiger partial charge < -0.3 is 9.74 Å². The van der Waals surface area contributed by atoms with E-state index in [0.717, 1.165) is 52.5 Å². The van der Waals surface area contributed by atoms with Crippen molar-refractivity contribution in [3.05, 3.63) is 70.2 Å². The quantitative estimate of drug-likeness (QED) is 0.602. The van der Waals surface area contributed by atoms with Crippen molar-refractivity contribution in [3.63, 3.8) is 0 Å². The summed E-state index contributed by atoms with van der Waals surface area (Å²) >= 11 is 6.56. The predicted octanol–water partition coefficient (Wildman–Crippen LogP) is 4.96. The molecule has 0 bridgehead atoms. The summed E-state index contributed by atoms with van der Waals surface area (Å²) in [5, 5.41) is 5.96. The second kappa shape index (κ2) is 6.96. The molecule has 2 heterocycles. The molecule has 0 aliphatic carbocycles. The molecule has 0 spiro atoms. The molecule has 4 nitrogen and oxygen atoms in total. The fourth-order valence-electron chi connectivity index (χ4n) is 3.45. The second-order valence-corrected chi connectivity index (χ2v) is 6.94. The number of benzene rings is 2. The highest BCUT2D eigenvalue weighted by molar-refractivity contribution is 6.35. The van der Waals surface area contributed by atoms with Crippen molar-refractivity contribution in [2.24, 2.45) is 5.16 Å². The first-order chi connectivity index (χ1) is 12.7. The highest BCUT2D eigenvalue weighted by Gasteiger charge is 2.21. The first kappa shape index (κ1) is 16.9. The van der Waals surface area contributed by atoms with Gasteiger partial charge in [-0.3, -0.25) is 0 Å². The molecule has 132 valence electrons. The zero-order valence-corrected chi connectivity index (χ0v) is 15.6. The Labute approximate surface area is 158 Å². The number of oxime groups is 1. The molecule has 0 unspecified atom stereocenters. The van der Waals surface area contributed by atoms with E-state index in [1.165, 1.54) is 11.1 Å². The van der Waals surface area contributed by atoms with Gasteiger partial charge in [0.1, 0.15) is 12.9 Å². The summed E-state index contributed by atoms with van der Waals surface area (Å²) in [5.41, 5.74) is 5.41. The minimum Gasteiger partial charge on any atom is -0.399 e. The number of nitrogens with zero attached hydrogens (tertiary/aromatic N) is 3. The van der Waals surface area contributed by atoms with E-state index in [0.29, 0.717) is 0 Å². The molecule has 1 aliphatic heterocycles. The summed E-state index contributed by atoms with van der Waals surface area (Å²) in [6.45, 7) is 3.63. The Morgan fingerprint density at radius 2 is 2.00 bits per heavy atom. The minimum absolute atomic E-state index is 0.733. The van der Waals surface area contributed by atoms with Crippen LogP contribution in [0.25, 0.3) is 10.9 Å². The average molecular weight is 366 g/mol. The maximum Gasteiger partial charge on any atom is 0.131 e. The van der Waals surface area contributed by atoms with Gasteiger partial charge in [-0.15, -0.1) is 0 Å². The van der Waals surface area contributed by atoms with Gasteiger partial charge in [0.25, 0.3) is 0 Å². The lowest BCUT2D eigenvalue weighted by atomic mass is 10.0. The largest absolute Gasteiger partial charge is 0.399 e. The van der Waals surface area contributed by atoms with Gasteiger partial charge in [0, 0.05) is 30.5 Å². The molecule has 1 aliphatic rings. The average Bonchev–Trinajstić information content (AvgIpc) is 2.82. The fourth-order valence-corrected chi connectivity index (χ4v) is 3.70. The van der Waals surface area contributed by atoms with E-state index in [9.17, 15) is 0 Å². The summed E-state index contributed by atoms with van der Waals surface area (Å²) < 4.78 is 0. The van der Waals surface area contributed by atoms with Crippen LogP contribution >= 0.6 is 11.6 Å². The molecule has 0 fully saturated rings. The zero-order chi connectivity index (χ0) is 18.1. The van der Waals surface area contributed by atoms with E-state index in [1.807, 2.05) is 18.2 Å². The molecule has 0 atom stereocenters. The van der Waals surface area contributed by atoms with Crippen molar-refractivity contribution in [3.8, 4) is 0 Å². The summed E-state index contributed by atoms with van der Waals surface area (Å²) in [6.07, 6.45) is 0.788. The zero-order valence-electron chi connectivity index (χ0n) is 14.9. The minimum atomic E-state index is 0.733. The van der Waals surface area contributed by atoms with Crippen LogP contribution in [0.5, 0.6) is 0 Å². The number of anilines is 1. The summed E-state index contributed by atoms with van der Waals surface area (Å²) in [5.74, 6) is 0.889. The number of fused-ring (bicyclic) bond motifs is 2. The fraction of sp³-hybridized carbons (Fsp3) is 0.238. The Balaban J connectivity index is 1.76. The van der Waals surface area contributed by atoms with Crippen LogP contribution in [0.3, 0.4) is 0 Å². The van der Waals surface area contributed by atoms with Crippen molar-refractivity contribution in [1.29, 1.82) is 0 Å². The molecule has 5 heteroatoms. The lowest BCUT2D eigenvalue weighted by molar-refractivity contribution is 0.213. The lowest BCUT2D eigenvalue weighted by Gasteiger charge is -2.22. The molecule has 0 amide bonds. The number of aryl methyl sites for hydroxylation is 1. The Bertz CT molecular complexity index is 1000. The van der Waals surface area contributed by atoms with Crippen LogP contribution in [0.4, 0.5) is 5.82 Å². The Morgan fingerprint density at radius 3 is 2.85 bits per heavy atom. The van der Waals surface area contributed by atoms with Crippen molar-refractivity contribution >= 4 is 34.0 Å². The molecule has 2 aromatic carbocycles. The second-order valence-electron chi connectivity index (χ2n) is 6.53. The molecule has 0 saturated carbocycles. The molecular weight excluding hydrogens is 346 g/mol. The lowest BCUT2D eigenvalue weighted by Crippen LogP contribution is -2.24. The third-order valence-corrected chi connectivity index (χ3v) is 5.05. The molecular formula is C21H20ClN3O. The molecule has 1 aromatic heterocycles. The van der Waals surface area contributed by atoms with Crippen LogP contribution in [-0.4, -0.2) is 24.4 Å². The summed E-state index contributed by atoms with van der Waals surface area (Å²) in [7, 11) is 1.59. The number of pyridine rings is 1.